The topological polar surface area (TPSA) is 92.0 Å². The SMILES string of the molecule is COc1cccc2c(=O)c3c(OS(=O)(=O)c4ccc(C)cc4)cc4c(c3oc12)C=CC(C)(C)O4. The van der Waals surface area contributed by atoms with Gasteiger partial charge >= 0.3 is 10.1 Å². The Kier molecular flexibility index (Phi) is 4.95. The Morgan fingerprint density at radius 1 is 0.971 bits per heavy atom. The molecule has 0 fully saturated rings. The summed E-state index contributed by atoms with van der Waals surface area (Å²) in [6, 6.07) is 12.6. The molecule has 0 saturated carbocycles. The molecule has 5 rings (SSSR count). The van der Waals surface area contributed by atoms with E-state index in [4.69, 9.17) is 18.1 Å². The summed E-state index contributed by atoms with van der Waals surface area (Å²) >= 11 is 0. The summed E-state index contributed by atoms with van der Waals surface area (Å²) in [5, 5.41) is 0.244. The van der Waals surface area contributed by atoms with Crippen molar-refractivity contribution < 1.29 is 26.5 Å². The first-order valence-electron chi connectivity index (χ1n) is 10.6. The monoisotopic (exact) mass is 478 g/mol. The summed E-state index contributed by atoms with van der Waals surface area (Å²) in [5.74, 6) is 0.551. The molecule has 0 saturated heterocycles. The second kappa shape index (κ2) is 7.63. The zero-order valence-electron chi connectivity index (χ0n) is 19.0. The van der Waals surface area contributed by atoms with Gasteiger partial charge in [0.05, 0.1) is 18.1 Å². The van der Waals surface area contributed by atoms with Crippen LogP contribution in [0.15, 0.2) is 68.7 Å². The van der Waals surface area contributed by atoms with Crippen molar-refractivity contribution in [2.24, 2.45) is 0 Å². The van der Waals surface area contributed by atoms with Crippen LogP contribution < -0.4 is 19.1 Å². The van der Waals surface area contributed by atoms with E-state index in [0.29, 0.717) is 17.1 Å². The van der Waals surface area contributed by atoms with Gasteiger partial charge in [0.25, 0.3) is 0 Å². The maximum Gasteiger partial charge on any atom is 0.339 e. The van der Waals surface area contributed by atoms with Gasteiger partial charge in [0, 0.05) is 6.07 Å². The Hall–Kier alpha value is -3.78. The quantitative estimate of drug-likeness (QED) is 0.293. The largest absolute Gasteiger partial charge is 0.493 e. The molecule has 1 aliphatic rings. The van der Waals surface area contributed by atoms with Crippen molar-refractivity contribution in [3.05, 3.63) is 76.0 Å². The van der Waals surface area contributed by atoms with Crippen LogP contribution in [0.3, 0.4) is 0 Å². The number of hydrogen-bond donors (Lipinski definition) is 0. The summed E-state index contributed by atoms with van der Waals surface area (Å²) in [7, 11) is -2.76. The number of methoxy groups -OCH3 is 1. The van der Waals surface area contributed by atoms with Gasteiger partial charge in [0.1, 0.15) is 21.6 Å². The van der Waals surface area contributed by atoms with Crippen LogP contribution >= 0.6 is 0 Å². The van der Waals surface area contributed by atoms with E-state index in [1.54, 1.807) is 36.4 Å². The highest BCUT2D eigenvalue weighted by molar-refractivity contribution is 7.87. The van der Waals surface area contributed by atoms with Gasteiger partial charge in [-0.05, 0) is 57.2 Å². The van der Waals surface area contributed by atoms with E-state index in [9.17, 15) is 13.2 Å². The van der Waals surface area contributed by atoms with Gasteiger partial charge in [-0.2, -0.15) is 8.42 Å². The molecule has 0 bridgehead atoms. The minimum Gasteiger partial charge on any atom is -0.493 e. The Morgan fingerprint density at radius 3 is 2.41 bits per heavy atom. The van der Waals surface area contributed by atoms with Crippen LogP contribution in [0.4, 0.5) is 0 Å². The zero-order chi connectivity index (χ0) is 24.3. The molecule has 1 aliphatic heterocycles. The summed E-state index contributed by atoms with van der Waals surface area (Å²) < 4.78 is 49.3. The number of benzene rings is 3. The first-order valence-corrected chi connectivity index (χ1v) is 12.0. The second-order valence-electron chi connectivity index (χ2n) is 8.65. The highest BCUT2D eigenvalue weighted by Gasteiger charge is 2.29. The predicted molar refractivity (Wildman–Crippen MR) is 129 cm³/mol. The van der Waals surface area contributed by atoms with Crippen molar-refractivity contribution in [2.75, 3.05) is 7.11 Å². The lowest BCUT2D eigenvalue weighted by Gasteiger charge is -2.28. The Morgan fingerprint density at radius 2 is 1.71 bits per heavy atom. The molecular formula is C26H22O7S. The van der Waals surface area contributed by atoms with Crippen LogP contribution in [0.1, 0.15) is 25.0 Å². The zero-order valence-corrected chi connectivity index (χ0v) is 19.9. The Labute approximate surface area is 196 Å². The van der Waals surface area contributed by atoms with Crippen molar-refractivity contribution >= 4 is 38.1 Å². The first-order chi connectivity index (χ1) is 16.1. The molecule has 0 atom stereocenters. The molecule has 7 nitrogen and oxygen atoms in total. The van der Waals surface area contributed by atoms with Crippen LogP contribution in [0, 0.1) is 6.92 Å². The number of aryl methyl sites for hydroxylation is 1. The molecule has 0 radical (unpaired) electrons. The van der Waals surface area contributed by atoms with E-state index >= 15 is 0 Å². The fraction of sp³-hybridized carbons (Fsp3) is 0.192. The van der Waals surface area contributed by atoms with Crippen LogP contribution in [0.25, 0.3) is 28.0 Å². The molecular weight excluding hydrogens is 456 g/mol. The average Bonchev–Trinajstić information content (AvgIpc) is 2.78. The normalized spacial score (nSPS) is 14.6. The van der Waals surface area contributed by atoms with E-state index in [-0.39, 0.29) is 32.6 Å². The van der Waals surface area contributed by atoms with Gasteiger partial charge in [-0.25, -0.2) is 0 Å². The standard InChI is InChI=1S/C26H22O7S/c1-15-8-10-16(11-9-15)34(28,29)33-21-14-20-17(12-13-26(2,3)32-20)25-22(21)23(27)18-6-5-7-19(30-4)24(18)31-25/h5-14H,1-4H3. The maximum atomic E-state index is 13.6. The fourth-order valence-corrected chi connectivity index (χ4v) is 4.86. The number of hydrogen-bond acceptors (Lipinski definition) is 7. The summed E-state index contributed by atoms with van der Waals surface area (Å²) in [6.45, 7) is 5.57. The summed E-state index contributed by atoms with van der Waals surface area (Å²) in [5.41, 5.74) is 0.732. The van der Waals surface area contributed by atoms with Gasteiger partial charge in [-0.3, -0.25) is 4.79 Å². The molecule has 1 aromatic heterocycles. The lowest BCUT2D eigenvalue weighted by Crippen LogP contribution is -2.27. The minimum atomic E-state index is -4.24. The molecule has 0 amide bonds. The minimum absolute atomic E-state index is 0.00291. The molecule has 0 spiro atoms. The van der Waals surface area contributed by atoms with E-state index in [1.807, 2.05) is 26.8 Å². The smallest absolute Gasteiger partial charge is 0.339 e. The third-order valence-electron chi connectivity index (χ3n) is 5.65. The van der Waals surface area contributed by atoms with Gasteiger partial charge in [0.15, 0.2) is 22.7 Å². The van der Waals surface area contributed by atoms with E-state index in [0.717, 1.165) is 5.56 Å². The molecule has 4 aromatic rings. The van der Waals surface area contributed by atoms with Gasteiger partial charge in [-0.1, -0.05) is 23.8 Å². The molecule has 0 N–H and O–H groups in total. The Bertz CT molecular complexity index is 1640. The third-order valence-corrected chi connectivity index (χ3v) is 6.90. The molecule has 0 aliphatic carbocycles. The van der Waals surface area contributed by atoms with Crippen molar-refractivity contribution in [3.8, 4) is 17.2 Å². The molecule has 34 heavy (non-hydrogen) atoms. The number of ether oxygens (including phenoxy) is 2. The molecule has 2 heterocycles. The highest BCUT2D eigenvalue weighted by atomic mass is 32.2. The second-order valence-corrected chi connectivity index (χ2v) is 10.2. The summed E-state index contributed by atoms with van der Waals surface area (Å²) in [4.78, 5) is 13.6. The van der Waals surface area contributed by atoms with E-state index < -0.39 is 21.1 Å². The van der Waals surface area contributed by atoms with E-state index in [2.05, 4.69) is 0 Å². The van der Waals surface area contributed by atoms with Gasteiger partial charge < -0.3 is 18.1 Å². The first kappa shape index (κ1) is 22.0. The van der Waals surface area contributed by atoms with E-state index in [1.165, 1.54) is 25.3 Å². The fourth-order valence-electron chi connectivity index (χ4n) is 3.93. The number of para-hydroxylation sites is 1. The predicted octanol–water partition coefficient (Wildman–Crippen LogP) is 5.22. The Balaban J connectivity index is 1.83. The maximum absolute atomic E-state index is 13.6. The third kappa shape index (κ3) is 3.60. The van der Waals surface area contributed by atoms with Crippen molar-refractivity contribution in [3.63, 3.8) is 0 Å². The lowest BCUT2D eigenvalue weighted by atomic mass is 9.99. The molecule has 0 unspecified atom stereocenters. The van der Waals surface area contributed by atoms with Crippen LogP contribution in [-0.2, 0) is 10.1 Å². The molecule has 3 aromatic carbocycles. The van der Waals surface area contributed by atoms with Gasteiger partial charge in [-0.15, -0.1) is 0 Å². The average molecular weight is 479 g/mol. The van der Waals surface area contributed by atoms with Crippen LogP contribution in [-0.4, -0.2) is 21.1 Å². The van der Waals surface area contributed by atoms with Crippen LogP contribution in [0.5, 0.6) is 17.2 Å². The molecule has 8 heteroatoms. The lowest BCUT2D eigenvalue weighted by molar-refractivity contribution is 0.159. The van der Waals surface area contributed by atoms with Crippen molar-refractivity contribution in [1.82, 2.24) is 0 Å². The van der Waals surface area contributed by atoms with Crippen LogP contribution in [0.2, 0.25) is 0 Å². The number of fused-ring (bicyclic) bond motifs is 4. The van der Waals surface area contributed by atoms with Crippen molar-refractivity contribution in [1.29, 1.82) is 0 Å². The molecule has 174 valence electrons. The summed E-state index contributed by atoms with van der Waals surface area (Å²) in [6.07, 6.45) is 3.63. The van der Waals surface area contributed by atoms with Crippen molar-refractivity contribution in [2.45, 2.75) is 31.3 Å². The van der Waals surface area contributed by atoms with Gasteiger partial charge in [0.2, 0.25) is 5.43 Å². The highest BCUT2D eigenvalue weighted by Crippen LogP contribution is 2.42. The number of rotatable bonds is 4.